The van der Waals surface area contributed by atoms with Crippen LogP contribution >= 0.6 is 0 Å². The van der Waals surface area contributed by atoms with Crippen molar-refractivity contribution >= 4 is 11.5 Å². The molecule has 0 spiro atoms. The second-order valence-electron chi connectivity index (χ2n) is 4.33. The van der Waals surface area contributed by atoms with Crippen molar-refractivity contribution in [3.63, 3.8) is 0 Å². The lowest BCUT2D eigenvalue weighted by molar-refractivity contribution is -0.138. The number of allylic oxidation sites excluding steroid dienone is 2. The van der Waals surface area contributed by atoms with Crippen LogP contribution in [0.3, 0.4) is 0 Å². The highest BCUT2D eigenvalue weighted by molar-refractivity contribution is 5.69. The van der Waals surface area contributed by atoms with Crippen LogP contribution in [-0.2, 0) is 4.79 Å². The second kappa shape index (κ2) is 4.97. The fourth-order valence-electron chi connectivity index (χ4n) is 2.24. The maximum Gasteiger partial charge on any atom is 0.303 e. The normalized spacial score (nSPS) is 20.2. The molecule has 0 aromatic heterocycles. The van der Waals surface area contributed by atoms with Gasteiger partial charge in [-0.3, -0.25) is 4.79 Å². The predicted molar refractivity (Wildman–Crippen MR) is 64.0 cm³/mol. The van der Waals surface area contributed by atoms with E-state index in [2.05, 4.69) is 18.2 Å². The SMILES string of the molecule is O=C(O)C[C@@H]1CC=C(c2ccccc2)CC1. The maximum absolute atomic E-state index is 10.6. The third-order valence-corrected chi connectivity index (χ3v) is 3.13. The van der Waals surface area contributed by atoms with Crippen LogP contribution in [0.5, 0.6) is 0 Å². The van der Waals surface area contributed by atoms with Crippen molar-refractivity contribution in [2.24, 2.45) is 5.92 Å². The average Bonchev–Trinajstić information content (AvgIpc) is 2.30. The zero-order valence-corrected chi connectivity index (χ0v) is 9.23. The Bertz CT molecular complexity index is 392. The van der Waals surface area contributed by atoms with Gasteiger partial charge in [-0.05, 0) is 36.3 Å². The third kappa shape index (κ3) is 2.72. The summed E-state index contributed by atoms with van der Waals surface area (Å²) in [7, 11) is 0. The number of rotatable bonds is 3. The van der Waals surface area contributed by atoms with Crippen LogP contribution in [0.25, 0.3) is 5.57 Å². The molecule has 2 nitrogen and oxygen atoms in total. The van der Waals surface area contributed by atoms with Crippen molar-refractivity contribution in [1.82, 2.24) is 0 Å². The van der Waals surface area contributed by atoms with Gasteiger partial charge in [0.25, 0.3) is 0 Å². The Morgan fingerprint density at radius 3 is 2.62 bits per heavy atom. The van der Waals surface area contributed by atoms with E-state index in [9.17, 15) is 4.79 Å². The van der Waals surface area contributed by atoms with Gasteiger partial charge in [-0.1, -0.05) is 36.4 Å². The van der Waals surface area contributed by atoms with Gasteiger partial charge in [-0.2, -0.15) is 0 Å². The molecular formula is C14H16O2. The first-order valence-corrected chi connectivity index (χ1v) is 5.72. The molecule has 2 heteroatoms. The first-order chi connectivity index (χ1) is 7.75. The number of carboxylic acids is 1. The van der Waals surface area contributed by atoms with E-state index in [1.165, 1.54) is 11.1 Å². The van der Waals surface area contributed by atoms with Gasteiger partial charge in [-0.15, -0.1) is 0 Å². The Morgan fingerprint density at radius 2 is 2.06 bits per heavy atom. The van der Waals surface area contributed by atoms with E-state index in [-0.39, 0.29) is 0 Å². The van der Waals surface area contributed by atoms with Gasteiger partial charge in [0.15, 0.2) is 0 Å². The molecule has 1 atom stereocenters. The largest absolute Gasteiger partial charge is 0.481 e. The summed E-state index contributed by atoms with van der Waals surface area (Å²) in [5, 5.41) is 8.73. The molecule has 84 valence electrons. The minimum atomic E-state index is -0.679. The number of carbonyl (C=O) groups is 1. The highest BCUT2D eigenvalue weighted by Crippen LogP contribution is 2.31. The topological polar surface area (TPSA) is 37.3 Å². The smallest absolute Gasteiger partial charge is 0.303 e. The first-order valence-electron chi connectivity index (χ1n) is 5.72. The number of hydrogen-bond acceptors (Lipinski definition) is 1. The molecular weight excluding hydrogens is 200 g/mol. The molecule has 2 rings (SSSR count). The molecule has 0 bridgehead atoms. The van der Waals surface area contributed by atoms with Gasteiger partial charge in [0.05, 0.1) is 0 Å². The quantitative estimate of drug-likeness (QED) is 0.841. The Morgan fingerprint density at radius 1 is 1.31 bits per heavy atom. The summed E-state index contributed by atoms with van der Waals surface area (Å²) in [4.78, 5) is 10.6. The minimum absolute atomic E-state index is 0.304. The Balaban J connectivity index is 2.01. The van der Waals surface area contributed by atoms with Crippen molar-refractivity contribution in [2.45, 2.75) is 25.7 Å². The lowest BCUT2D eigenvalue weighted by Crippen LogP contribution is -2.10. The number of aliphatic carboxylic acids is 1. The molecule has 0 heterocycles. The number of hydrogen-bond donors (Lipinski definition) is 1. The zero-order chi connectivity index (χ0) is 11.4. The Kier molecular flexibility index (Phi) is 3.40. The van der Waals surface area contributed by atoms with E-state index in [4.69, 9.17) is 5.11 Å². The van der Waals surface area contributed by atoms with E-state index in [0.717, 1.165) is 19.3 Å². The fraction of sp³-hybridized carbons (Fsp3) is 0.357. The van der Waals surface area contributed by atoms with Crippen LogP contribution in [0.15, 0.2) is 36.4 Å². The summed E-state index contributed by atoms with van der Waals surface area (Å²) in [6, 6.07) is 10.3. The molecule has 1 aromatic rings. The average molecular weight is 216 g/mol. The molecule has 1 N–H and O–H groups in total. The van der Waals surface area contributed by atoms with Crippen LogP contribution in [0.1, 0.15) is 31.2 Å². The monoisotopic (exact) mass is 216 g/mol. The summed E-state index contributed by atoms with van der Waals surface area (Å²) in [6.45, 7) is 0. The molecule has 1 aliphatic rings. The summed E-state index contributed by atoms with van der Waals surface area (Å²) >= 11 is 0. The van der Waals surface area contributed by atoms with Crippen molar-refractivity contribution in [1.29, 1.82) is 0 Å². The standard InChI is InChI=1S/C14H16O2/c15-14(16)10-11-6-8-13(9-7-11)12-4-2-1-3-5-12/h1-5,8,11H,6-7,9-10H2,(H,15,16)/t11-/m1/s1. The Labute approximate surface area is 95.6 Å². The number of carboxylic acid groups (broad SMARTS) is 1. The maximum atomic E-state index is 10.6. The summed E-state index contributed by atoms with van der Waals surface area (Å²) < 4.78 is 0. The summed E-state index contributed by atoms with van der Waals surface area (Å²) in [5.41, 5.74) is 2.64. The van der Waals surface area contributed by atoms with E-state index in [1.807, 2.05) is 18.2 Å². The zero-order valence-electron chi connectivity index (χ0n) is 9.23. The van der Waals surface area contributed by atoms with E-state index in [0.29, 0.717) is 12.3 Å². The van der Waals surface area contributed by atoms with E-state index in [1.54, 1.807) is 0 Å². The molecule has 16 heavy (non-hydrogen) atoms. The molecule has 0 radical (unpaired) electrons. The van der Waals surface area contributed by atoms with Gasteiger partial charge < -0.3 is 5.11 Å². The van der Waals surface area contributed by atoms with Crippen molar-refractivity contribution in [3.8, 4) is 0 Å². The van der Waals surface area contributed by atoms with Crippen molar-refractivity contribution in [3.05, 3.63) is 42.0 Å². The summed E-state index contributed by atoms with van der Waals surface area (Å²) in [6.07, 6.45) is 5.40. The van der Waals surface area contributed by atoms with Crippen LogP contribution in [-0.4, -0.2) is 11.1 Å². The number of benzene rings is 1. The molecule has 0 saturated heterocycles. The van der Waals surface area contributed by atoms with Crippen LogP contribution in [0, 0.1) is 5.92 Å². The molecule has 0 fully saturated rings. The fourth-order valence-corrected chi connectivity index (χ4v) is 2.24. The molecule has 1 aliphatic carbocycles. The second-order valence-corrected chi connectivity index (χ2v) is 4.33. The van der Waals surface area contributed by atoms with Gasteiger partial charge in [-0.25, -0.2) is 0 Å². The molecule has 0 saturated carbocycles. The van der Waals surface area contributed by atoms with Gasteiger partial charge in [0.1, 0.15) is 0 Å². The van der Waals surface area contributed by atoms with Crippen LogP contribution in [0.4, 0.5) is 0 Å². The van der Waals surface area contributed by atoms with Crippen molar-refractivity contribution in [2.75, 3.05) is 0 Å². The van der Waals surface area contributed by atoms with E-state index < -0.39 is 5.97 Å². The first kappa shape index (κ1) is 10.9. The lowest BCUT2D eigenvalue weighted by atomic mass is 9.85. The minimum Gasteiger partial charge on any atom is -0.481 e. The van der Waals surface area contributed by atoms with Gasteiger partial charge in [0, 0.05) is 6.42 Å². The molecule has 0 aliphatic heterocycles. The molecule has 0 amide bonds. The van der Waals surface area contributed by atoms with Crippen molar-refractivity contribution < 1.29 is 9.90 Å². The van der Waals surface area contributed by atoms with Crippen LogP contribution < -0.4 is 0 Å². The summed E-state index contributed by atoms with van der Waals surface area (Å²) in [5.74, 6) is -0.355. The van der Waals surface area contributed by atoms with Crippen LogP contribution in [0.2, 0.25) is 0 Å². The van der Waals surface area contributed by atoms with E-state index >= 15 is 0 Å². The lowest BCUT2D eigenvalue weighted by Gasteiger charge is -2.20. The van der Waals surface area contributed by atoms with Gasteiger partial charge >= 0.3 is 5.97 Å². The highest BCUT2D eigenvalue weighted by atomic mass is 16.4. The molecule has 1 aromatic carbocycles. The third-order valence-electron chi connectivity index (χ3n) is 3.13. The molecule has 0 unspecified atom stereocenters. The Hall–Kier alpha value is -1.57. The highest BCUT2D eigenvalue weighted by Gasteiger charge is 2.17. The van der Waals surface area contributed by atoms with Gasteiger partial charge in [0.2, 0.25) is 0 Å². The predicted octanol–water partition coefficient (Wildman–Crippen LogP) is 3.34.